The Morgan fingerprint density at radius 1 is 1.00 bits per heavy atom. The van der Waals surface area contributed by atoms with E-state index in [0.717, 1.165) is 21.8 Å². The van der Waals surface area contributed by atoms with Crippen LogP contribution in [-0.4, -0.2) is 34.3 Å². The fraction of sp³-hybridized carbons (Fsp3) is 0.200. The van der Waals surface area contributed by atoms with Gasteiger partial charge in [-0.15, -0.1) is 0 Å². The number of fused-ring (bicyclic) bond motifs is 1. The summed E-state index contributed by atoms with van der Waals surface area (Å²) in [6.45, 7) is 1.90. The zero-order chi connectivity index (χ0) is 24.0. The van der Waals surface area contributed by atoms with Crippen molar-refractivity contribution < 1.29 is 18.0 Å². The smallest absolute Gasteiger partial charge is 0.363 e. The van der Waals surface area contributed by atoms with Gasteiger partial charge in [-0.25, -0.2) is 5.43 Å². The second-order valence-electron chi connectivity index (χ2n) is 8.35. The van der Waals surface area contributed by atoms with Gasteiger partial charge in [0.15, 0.2) is 0 Å². The normalized spacial score (nSPS) is 22.3. The van der Waals surface area contributed by atoms with Gasteiger partial charge in [-0.2, -0.15) is 13.2 Å². The number of benzene rings is 2. The van der Waals surface area contributed by atoms with Gasteiger partial charge in [0.1, 0.15) is 12.2 Å². The summed E-state index contributed by atoms with van der Waals surface area (Å²) >= 11 is 5.95. The van der Waals surface area contributed by atoms with Crippen molar-refractivity contribution in [2.45, 2.75) is 31.2 Å². The Labute approximate surface area is 199 Å². The van der Waals surface area contributed by atoms with Crippen molar-refractivity contribution in [3.05, 3.63) is 94.8 Å². The van der Waals surface area contributed by atoms with E-state index in [2.05, 4.69) is 15.7 Å². The SMILES string of the molecule is Cc1ccc(-c2cccc(C3=CC(=O)N4NC(C(F)(F)F)C(c5ccc(Cl)cc5)C4N3)c2)cn1. The Morgan fingerprint density at radius 3 is 2.41 bits per heavy atom. The van der Waals surface area contributed by atoms with Crippen molar-refractivity contribution in [1.29, 1.82) is 0 Å². The minimum atomic E-state index is -4.57. The molecular weight excluding hydrogens is 465 g/mol. The number of aryl methyl sites for hydroxylation is 1. The third-order valence-corrected chi connectivity index (χ3v) is 6.34. The molecule has 0 saturated carbocycles. The van der Waals surface area contributed by atoms with E-state index in [4.69, 9.17) is 11.6 Å². The van der Waals surface area contributed by atoms with Crippen LogP contribution in [0.5, 0.6) is 0 Å². The zero-order valence-electron chi connectivity index (χ0n) is 18.0. The quantitative estimate of drug-likeness (QED) is 0.547. The van der Waals surface area contributed by atoms with E-state index in [1.54, 1.807) is 30.5 Å². The van der Waals surface area contributed by atoms with Crippen molar-refractivity contribution in [3.8, 4) is 11.1 Å². The van der Waals surface area contributed by atoms with Crippen LogP contribution < -0.4 is 10.7 Å². The highest BCUT2D eigenvalue weighted by molar-refractivity contribution is 6.30. The Hall–Kier alpha value is -3.36. The van der Waals surface area contributed by atoms with Crippen LogP contribution in [0, 0.1) is 6.92 Å². The number of amides is 1. The molecule has 1 aromatic heterocycles. The fourth-order valence-electron chi connectivity index (χ4n) is 4.41. The molecule has 174 valence electrons. The molecule has 5 rings (SSSR count). The molecule has 2 N–H and O–H groups in total. The topological polar surface area (TPSA) is 57.3 Å². The lowest BCUT2D eigenvalue weighted by Gasteiger charge is -2.33. The third-order valence-electron chi connectivity index (χ3n) is 6.09. The molecule has 1 saturated heterocycles. The van der Waals surface area contributed by atoms with Crippen LogP contribution in [0.2, 0.25) is 5.02 Å². The van der Waals surface area contributed by atoms with Gasteiger partial charge in [-0.1, -0.05) is 48.0 Å². The number of nitrogens with zero attached hydrogens (tertiary/aromatic N) is 2. The molecule has 2 aliphatic heterocycles. The van der Waals surface area contributed by atoms with E-state index >= 15 is 0 Å². The predicted octanol–water partition coefficient (Wildman–Crippen LogP) is 5.04. The second kappa shape index (κ2) is 8.45. The second-order valence-corrected chi connectivity index (χ2v) is 8.79. The molecule has 0 bridgehead atoms. The largest absolute Gasteiger partial charge is 0.406 e. The van der Waals surface area contributed by atoms with Crippen LogP contribution >= 0.6 is 11.6 Å². The van der Waals surface area contributed by atoms with Crippen molar-refractivity contribution in [1.82, 2.24) is 20.7 Å². The summed E-state index contributed by atoms with van der Waals surface area (Å²) < 4.78 is 41.9. The Morgan fingerprint density at radius 2 is 1.74 bits per heavy atom. The summed E-state index contributed by atoms with van der Waals surface area (Å²) in [5.74, 6) is -1.62. The lowest BCUT2D eigenvalue weighted by molar-refractivity contribution is -0.161. The zero-order valence-corrected chi connectivity index (χ0v) is 18.7. The van der Waals surface area contributed by atoms with Crippen LogP contribution in [0.3, 0.4) is 0 Å². The average molecular weight is 485 g/mol. The van der Waals surface area contributed by atoms with Gasteiger partial charge in [-0.3, -0.25) is 14.8 Å². The number of aromatic nitrogens is 1. The summed E-state index contributed by atoms with van der Waals surface area (Å²) in [6.07, 6.45) is -2.43. The van der Waals surface area contributed by atoms with Crippen LogP contribution in [0.25, 0.3) is 16.8 Å². The number of nitrogens with one attached hydrogen (secondary N) is 2. The Bertz CT molecular complexity index is 1260. The number of hydrogen-bond donors (Lipinski definition) is 2. The van der Waals surface area contributed by atoms with Gasteiger partial charge >= 0.3 is 6.18 Å². The molecule has 0 radical (unpaired) electrons. The highest BCUT2D eigenvalue weighted by Crippen LogP contribution is 2.41. The van der Waals surface area contributed by atoms with Gasteiger partial charge in [0.2, 0.25) is 0 Å². The highest BCUT2D eigenvalue weighted by Gasteiger charge is 2.57. The van der Waals surface area contributed by atoms with Gasteiger partial charge < -0.3 is 5.32 Å². The number of carbonyl (C=O) groups is 1. The molecule has 3 aromatic rings. The first-order chi connectivity index (χ1) is 16.2. The van der Waals surface area contributed by atoms with Crippen molar-refractivity contribution >= 4 is 23.2 Å². The average Bonchev–Trinajstić information content (AvgIpc) is 3.21. The number of hydrazine groups is 1. The first-order valence-corrected chi connectivity index (χ1v) is 11.0. The molecule has 34 heavy (non-hydrogen) atoms. The molecule has 3 unspecified atom stereocenters. The third kappa shape index (κ3) is 4.15. The maximum Gasteiger partial charge on any atom is 0.406 e. The number of rotatable bonds is 3. The maximum atomic E-state index is 14.0. The predicted molar refractivity (Wildman–Crippen MR) is 123 cm³/mol. The van der Waals surface area contributed by atoms with Gasteiger partial charge in [0, 0.05) is 34.2 Å². The maximum absolute atomic E-state index is 14.0. The van der Waals surface area contributed by atoms with Crippen molar-refractivity contribution in [3.63, 3.8) is 0 Å². The standard InChI is InChI=1S/C25H20ClF3N4O/c1-14-5-6-18(13-30-14)16-3-2-4-17(11-16)20-12-21(34)33-24(31-20)22(23(32-33)25(27,28)29)15-7-9-19(26)10-8-15/h2-13,22-24,31-32H,1H3. The lowest BCUT2D eigenvalue weighted by Crippen LogP contribution is -2.53. The van der Waals surface area contributed by atoms with Crippen molar-refractivity contribution in [2.24, 2.45) is 0 Å². The van der Waals surface area contributed by atoms with Crippen LogP contribution in [0.1, 0.15) is 22.7 Å². The van der Waals surface area contributed by atoms with Crippen LogP contribution in [0.15, 0.2) is 72.9 Å². The molecule has 1 amide bonds. The minimum absolute atomic E-state index is 0.422. The first-order valence-electron chi connectivity index (χ1n) is 10.6. The van der Waals surface area contributed by atoms with E-state index in [0.29, 0.717) is 21.8 Å². The van der Waals surface area contributed by atoms with Gasteiger partial charge in [0.05, 0.1) is 5.92 Å². The van der Waals surface area contributed by atoms with Crippen molar-refractivity contribution in [2.75, 3.05) is 0 Å². The molecule has 0 spiro atoms. The molecule has 2 aromatic carbocycles. The number of carbonyl (C=O) groups excluding carboxylic acids is 1. The number of alkyl halides is 3. The first kappa shape index (κ1) is 22.4. The van der Waals surface area contributed by atoms with E-state index in [1.165, 1.54) is 6.08 Å². The fourth-order valence-corrected chi connectivity index (χ4v) is 4.54. The van der Waals surface area contributed by atoms with E-state index in [-0.39, 0.29) is 0 Å². The summed E-state index contributed by atoms with van der Waals surface area (Å²) in [7, 11) is 0. The lowest BCUT2D eigenvalue weighted by atomic mass is 9.89. The minimum Gasteiger partial charge on any atom is -0.363 e. The molecule has 5 nitrogen and oxygen atoms in total. The summed E-state index contributed by atoms with van der Waals surface area (Å²) in [5, 5.41) is 4.61. The molecule has 0 aliphatic carbocycles. The monoisotopic (exact) mass is 484 g/mol. The summed E-state index contributed by atoms with van der Waals surface area (Å²) in [4.78, 5) is 17.2. The molecule has 3 atom stereocenters. The van der Waals surface area contributed by atoms with E-state index in [9.17, 15) is 18.0 Å². The Balaban J connectivity index is 1.51. The van der Waals surface area contributed by atoms with E-state index in [1.807, 2.05) is 43.3 Å². The number of hydrogen-bond acceptors (Lipinski definition) is 4. The molecule has 1 fully saturated rings. The Kier molecular flexibility index (Phi) is 5.58. The van der Waals surface area contributed by atoms with Gasteiger partial charge in [-0.05, 0) is 47.9 Å². The highest BCUT2D eigenvalue weighted by atomic mass is 35.5. The van der Waals surface area contributed by atoms with Crippen LogP contribution in [0.4, 0.5) is 13.2 Å². The molecular formula is C25H20ClF3N4O. The van der Waals surface area contributed by atoms with E-state index < -0.39 is 30.2 Å². The summed E-state index contributed by atoms with van der Waals surface area (Å²) in [6, 6.07) is 15.6. The molecule has 2 aliphatic rings. The van der Waals surface area contributed by atoms with Crippen LogP contribution in [-0.2, 0) is 4.79 Å². The molecule has 9 heteroatoms. The number of pyridine rings is 1. The van der Waals surface area contributed by atoms with Gasteiger partial charge in [0.25, 0.3) is 5.91 Å². The summed E-state index contributed by atoms with van der Waals surface area (Å²) in [5.41, 5.74) is 6.62. The molecule has 3 heterocycles. The number of halogens is 4.